The number of nitrogens with one attached hydrogen (secondary N) is 1. The fourth-order valence-electron chi connectivity index (χ4n) is 2.07. The molecule has 0 aliphatic heterocycles. The molecule has 0 atom stereocenters. The highest BCUT2D eigenvalue weighted by Gasteiger charge is 2.25. The van der Waals surface area contributed by atoms with Crippen LogP contribution in [0.5, 0.6) is 17.2 Å². The van der Waals surface area contributed by atoms with Gasteiger partial charge in [-0.25, -0.2) is 0 Å². The summed E-state index contributed by atoms with van der Waals surface area (Å²) in [7, 11) is 4.65. The minimum atomic E-state index is 0.0560. The number of carbonyl (C=O) groups is 1. The van der Waals surface area contributed by atoms with E-state index in [4.69, 9.17) is 14.2 Å². The Morgan fingerprint density at radius 3 is 2.05 bits per heavy atom. The molecule has 2 rings (SSSR count). The van der Waals surface area contributed by atoms with Gasteiger partial charge in [-0.3, -0.25) is 4.79 Å². The van der Waals surface area contributed by atoms with E-state index in [-0.39, 0.29) is 11.8 Å². The summed E-state index contributed by atoms with van der Waals surface area (Å²) in [6, 6.07) is 3.47. The van der Waals surface area contributed by atoms with E-state index >= 15 is 0 Å². The van der Waals surface area contributed by atoms with E-state index in [1.54, 1.807) is 33.5 Å². The second-order valence-corrected chi connectivity index (χ2v) is 4.53. The molecule has 5 nitrogen and oxygen atoms in total. The van der Waals surface area contributed by atoms with Gasteiger partial charge in [0, 0.05) is 23.7 Å². The first-order valence-electron chi connectivity index (χ1n) is 6.30. The molecule has 1 aliphatic rings. The van der Waals surface area contributed by atoms with Crippen molar-refractivity contribution in [3.05, 3.63) is 12.1 Å². The topological polar surface area (TPSA) is 56.8 Å². The summed E-state index contributed by atoms with van der Waals surface area (Å²) in [5, 5.41) is 2.89. The number of hydrogen-bond donors (Lipinski definition) is 1. The van der Waals surface area contributed by atoms with Crippen LogP contribution in [0.25, 0.3) is 0 Å². The molecular formula is C14H19NO4. The lowest BCUT2D eigenvalue weighted by Crippen LogP contribution is -2.28. The highest BCUT2D eigenvalue weighted by Crippen LogP contribution is 2.40. The van der Waals surface area contributed by atoms with Crippen LogP contribution in [0.1, 0.15) is 19.3 Å². The maximum absolute atomic E-state index is 11.9. The van der Waals surface area contributed by atoms with Gasteiger partial charge in [0.15, 0.2) is 11.5 Å². The Morgan fingerprint density at radius 2 is 1.68 bits per heavy atom. The van der Waals surface area contributed by atoms with E-state index in [2.05, 4.69) is 5.32 Å². The largest absolute Gasteiger partial charge is 0.493 e. The molecule has 0 heterocycles. The van der Waals surface area contributed by atoms with Gasteiger partial charge in [0.1, 0.15) is 0 Å². The minimum Gasteiger partial charge on any atom is -0.493 e. The van der Waals surface area contributed by atoms with E-state index < -0.39 is 0 Å². The molecule has 0 aromatic heterocycles. The molecule has 5 heteroatoms. The van der Waals surface area contributed by atoms with E-state index in [0.717, 1.165) is 19.3 Å². The number of ether oxygens (including phenoxy) is 3. The van der Waals surface area contributed by atoms with E-state index in [0.29, 0.717) is 22.9 Å². The molecule has 104 valence electrons. The predicted octanol–water partition coefficient (Wildman–Crippen LogP) is 2.45. The summed E-state index contributed by atoms with van der Waals surface area (Å²) < 4.78 is 15.7. The average Bonchev–Trinajstić information content (AvgIpc) is 2.35. The van der Waals surface area contributed by atoms with E-state index in [1.807, 2.05) is 0 Å². The smallest absolute Gasteiger partial charge is 0.227 e. The maximum atomic E-state index is 11.9. The summed E-state index contributed by atoms with van der Waals surface area (Å²) in [4.78, 5) is 11.9. The molecule has 1 aliphatic carbocycles. The quantitative estimate of drug-likeness (QED) is 0.888. The zero-order chi connectivity index (χ0) is 13.8. The summed E-state index contributed by atoms with van der Waals surface area (Å²) >= 11 is 0. The molecule has 0 radical (unpaired) electrons. The minimum absolute atomic E-state index is 0.0560. The third-order valence-electron chi connectivity index (χ3n) is 3.41. The zero-order valence-electron chi connectivity index (χ0n) is 11.5. The van der Waals surface area contributed by atoms with Gasteiger partial charge < -0.3 is 19.5 Å². The molecule has 19 heavy (non-hydrogen) atoms. The van der Waals surface area contributed by atoms with Crippen molar-refractivity contribution < 1.29 is 19.0 Å². The highest BCUT2D eigenvalue weighted by molar-refractivity contribution is 5.93. The predicted molar refractivity (Wildman–Crippen MR) is 72.1 cm³/mol. The first kappa shape index (κ1) is 13.5. The Balaban J connectivity index is 2.22. The molecular weight excluding hydrogens is 246 g/mol. The second-order valence-electron chi connectivity index (χ2n) is 4.53. The first-order chi connectivity index (χ1) is 9.19. The lowest BCUT2D eigenvalue weighted by molar-refractivity contribution is -0.122. The average molecular weight is 265 g/mol. The summed E-state index contributed by atoms with van der Waals surface area (Å²) in [6.45, 7) is 0. The lowest BCUT2D eigenvalue weighted by atomic mass is 9.85. The number of hydrogen-bond acceptors (Lipinski definition) is 4. The SMILES string of the molecule is COc1cc(NC(=O)C2CCC2)cc(OC)c1OC. The number of methoxy groups -OCH3 is 3. The van der Waals surface area contributed by atoms with Gasteiger partial charge in [-0.2, -0.15) is 0 Å². The van der Waals surface area contributed by atoms with Crippen LogP contribution in [0.2, 0.25) is 0 Å². The second kappa shape index (κ2) is 5.82. The number of rotatable bonds is 5. The molecule has 0 saturated heterocycles. The van der Waals surface area contributed by atoms with Crippen LogP contribution in [0.3, 0.4) is 0 Å². The monoisotopic (exact) mass is 265 g/mol. The molecule has 0 bridgehead atoms. The third kappa shape index (κ3) is 2.75. The zero-order valence-corrected chi connectivity index (χ0v) is 11.5. The van der Waals surface area contributed by atoms with Gasteiger partial charge >= 0.3 is 0 Å². The molecule has 1 amide bonds. The van der Waals surface area contributed by atoms with Crippen molar-refractivity contribution in [3.8, 4) is 17.2 Å². The van der Waals surface area contributed by atoms with E-state index in [1.165, 1.54) is 0 Å². The van der Waals surface area contributed by atoms with Gasteiger partial charge in [0.2, 0.25) is 11.7 Å². The van der Waals surface area contributed by atoms with Gasteiger partial charge in [-0.15, -0.1) is 0 Å². The Hall–Kier alpha value is -1.91. The van der Waals surface area contributed by atoms with Crippen LogP contribution < -0.4 is 19.5 Å². The third-order valence-corrected chi connectivity index (χ3v) is 3.41. The summed E-state index contributed by atoms with van der Waals surface area (Å²) in [6.07, 6.45) is 3.07. The molecule has 1 N–H and O–H groups in total. The van der Waals surface area contributed by atoms with Crippen molar-refractivity contribution in [3.63, 3.8) is 0 Å². The first-order valence-corrected chi connectivity index (χ1v) is 6.30. The van der Waals surface area contributed by atoms with Crippen molar-refractivity contribution in [2.24, 2.45) is 5.92 Å². The van der Waals surface area contributed by atoms with Crippen molar-refractivity contribution >= 4 is 11.6 Å². The van der Waals surface area contributed by atoms with Crippen molar-refractivity contribution in [2.75, 3.05) is 26.6 Å². The molecule has 1 saturated carbocycles. The van der Waals surface area contributed by atoms with Crippen LogP contribution >= 0.6 is 0 Å². The fraction of sp³-hybridized carbons (Fsp3) is 0.500. The maximum Gasteiger partial charge on any atom is 0.227 e. The molecule has 1 fully saturated rings. The van der Waals surface area contributed by atoms with Gasteiger partial charge in [0.05, 0.1) is 21.3 Å². The van der Waals surface area contributed by atoms with Crippen LogP contribution in [0.4, 0.5) is 5.69 Å². The number of anilines is 1. The lowest BCUT2D eigenvalue weighted by Gasteiger charge is -2.24. The Labute approximate surface area is 112 Å². The molecule has 0 spiro atoms. The number of carbonyl (C=O) groups excluding carboxylic acids is 1. The molecule has 1 aromatic rings. The van der Waals surface area contributed by atoms with E-state index in [9.17, 15) is 4.79 Å². The van der Waals surface area contributed by atoms with Gasteiger partial charge in [-0.05, 0) is 12.8 Å². The standard InChI is InChI=1S/C14H19NO4/c1-17-11-7-10(8-12(18-2)13(11)19-3)15-14(16)9-5-4-6-9/h7-9H,4-6H2,1-3H3,(H,15,16). The Bertz CT molecular complexity index is 444. The highest BCUT2D eigenvalue weighted by atomic mass is 16.5. The molecule has 1 aromatic carbocycles. The van der Waals surface area contributed by atoms with Crippen molar-refractivity contribution in [2.45, 2.75) is 19.3 Å². The van der Waals surface area contributed by atoms with Crippen LogP contribution in [-0.2, 0) is 4.79 Å². The molecule has 0 unspecified atom stereocenters. The van der Waals surface area contributed by atoms with Gasteiger partial charge in [0.25, 0.3) is 0 Å². The Kier molecular flexibility index (Phi) is 4.14. The van der Waals surface area contributed by atoms with Crippen molar-refractivity contribution in [1.29, 1.82) is 0 Å². The Morgan fingerprint density at radius 1 is 1.11 bits per heavy atom. The van der Waals surface area contributed by atoms with Crippen LogP contribution in [0, 0.1) is 5.92 Å². The number of benzene rings is 1. The summed E-state index contributed by atoms with van der Waals surface area (Å²) in [5.74, 6) is 1.78. The van der Waals surface area contributed by atoms with Crippen LogP contribution in [0.15, 0.2) is 12.1 Å². The number of amides is 1. The van der Waals surface area contributed by atoms with Gasteiger partial charge in [-0.1, -0.05) is 6.42 Å². The van der Waals surface area contributed by atoms with Crippen LogP contribution in [-0.4, -0.2) is 27.2 Å². The fourth-order valence-corrected chi connectivity index (χ4v) is 2.07. The summed E-state index contributed by atoms with van der Waals surface area (Å²) in [5.41, 5.74) is 0.659. The normalized spacial score (nSPS) is 14.5. The van der Waals surface area contributed by atoms with Crippen molar-refractivity contribution in [1.82, 2.24) is 0 Å².